The minimum absolute atomic E-state index is 0.120. The van der Waals surface area contributed by atoms with Gasteiger partial charge in [0.1, 0.15) is 17.7 Å². The normalized spacial score (nSPS) is 15.5. The SMILES string of the molecule is Cc1noc(C)c1CCC(=O)Nc1ccccc1[C@H]1NC(=O)c2cccnc2N1C. The highest BCUT2D eigenvalue weighted by Crippen LogP contribution is 2.33. The van der Waals surface area contributed by atoms with Gasteiger partial charge in [-0.1, -0.05) is 23.4 Å². The lowest BCUT2D eigenvalue weighted by atomic mass is 10.0. The lowest BCUT2D eigenvalue weighted by Crippen LogP contribution is -2.45. The van der Waals surface area contributed by atoms with Crippen LogP contribution in [0.15, 0.2) is 47.1 Å². The summed E-state index contributed by atoms with van der Waals surface area (Å²) in [4.78, 5) is 31.4. The number of hydrogen-bond acceptors (Lipinski definition) is 6. The quantitative estimate of drug-likeness (QED) is 0.676. The standard InChI is InChI=1S/C22H23N5O3/c1-13-15(14(2)30-26-13)10-11-19(28)24-18-9-5-4-7-16(18)21-25-22(29)17-8-6-12-23-20(17)27(21)3/h4-9,12,21H,10-11H2,1-3H3,(H,24,28)(H,25,29)/t21-/m0/s1. The Balaban J connectivity index is 1.53. The van der Waals surface area contributed by atoms with E-state index >= 15 is 0 Å². The number of aromatic nitrogens is 2. The molecule has 3 aromatic rings. The highest BCUT2D eigenvalue weighted by molar-refractivity contribution is 6.01. The van der Waals surface area contributed by atoms with E-state index in [9.17, 15) is 9.59 Å². The predicted octanol–water partition coefficient (Wildman–Crippen LogP) is 3.14. The zero-order valence-corrected chi connectivity index (χ0v) is 17.1. The fourth-order valence-corrected chi connectivity index (χ4v) is 3.72. The minimum atomic E-state index is -0.445. The zero-order valence-electron chi connectivity index (χ0n) is 17.1. The van der Waals surface area contributed by atoms with Gasteiger partial charge in [0.15, 0.2) is 0 Å². The van der Waals surface area contributed by atoms with Gasteiger partial charge in [-0.2, -0.15) is 0 Å². The molecule has 0 fully saturated rings. The Morgan fingerprint density at radius 1 is 1.23 bits per heavy atom. The maximum Gasteiger partial charge on any atom is 0.256 e. The van der Waals surface area contributed by atoms with E-state index in [0.717, 1.165) is 22.6 Å². The molecule has 1 aliphatic heterocycles. The summed E-state index contributed by atoms with van der Waals surface area (Å²) in [5.74, 6) is 1.02. The molecule has 0 spiro atoms. The number of nitrogens with one attached hydrogen (secondary N) is 2. The number of fused-ring (bicyclic) bond motifs is 1. The number of para-hydroxylation sites is 1. The van der Waals surface area contributed by atoms with Gasteiger partial charge in [0.25, 0.3) is 5.91 Å². The van der Waals surface area contributed by atoms with Crippen LogP contribution in [0.1, 0.15) is 45.5 Å². The molecule has 2 aromatic heterocycles. The second-order valence-corrected chi connectivity index (χ2v) is 7.30. The Morgan fingerprint density at radius 3 is 2.80 bits per heavy atom. The summed E-state index contributed by atoms with van der Waals surface area (Å²) in [5, 5.41) is 9.91. The van der Waals surface area contributed by atoms with Crippen molar-refractivity contribution in [2.75, 3.05) is 17.3 Å². The molecule has 3 heterocycles. The van der Waals surface area contributed by atoms with Gasteiger partial charge in [0.05, 0.1) is 11.3 Å². The summed E-state index contributed by atoms with van der Waals surface area (Å²) in [7, 11) is 1.87. The minimum Gasteiger partial charge on any atom is -0.361 e. The summed E-state index contributed by atoms with van der Waals surface area (Å²) >= 11 is 0. The highest BCUT2D eigenvalue weighted by Gasteiger charge is 2.31. The Bertz CT molecular complexity index is 1090. The van der Waals surface area contributed by atoms with Crippen LogP contribution in [0, 0.1) is 13.8 Å². The number of carbonyl (C=O) groups excluding carboxylic acids is 2. The van der Waals surface area contributed by atoms with E-state index < -0.39 is 6.17 Å². The van der Waals surface area contributed by atoms with Crippen LogP contribution in [-0.2, 0) is 11.2 Å². The number of amides is 2. The van der Waals surface area contributed by atoms with E-state index in [1.807, 2.05) is 50.1 Å². The van der Waals surface area contributed by atoms with Crippen molar-refractivity contribution in [2.45, 2.75) is 32.9 Å². The Morgan fingerprint density at radius 2 is 2.03 bits per heavy atom. The zero-order chi connectivity index (χ0) is 21.3. The Kier molecular flexibility index (Phi) is 5.22. The van der Waals surface area contributed by atoms with Crippen LogP contribution in [0.5, 0.6) is 0 Å². The van der Waals surface area contributed by atoms with Gasteiger partial charge in [-0.25, -0.2) is 4.98 Å². The van der Waals surface area contributed by atoms with E-state index in [4.69, 9.17) is 4.52 Å². The number of rotatable bonds is 5. The first kappa shape index (κ1) is 19.6. The molecule has 0 saturated heterocycles. The smallest absolute Gasteiger partial charge is 0.256 e. The Labute approximate surface area is 174 Å². The Hall–Kier alpha value is -3.68. The summed E-state index contributed by atoms with van der Waals surface area (Å²) in [5.41, 5.74) is 3.73. The lowest BCUT2D eigenvalue weighted by Gasteiger charge is -2.36. The third kappa shape index (κ3) is 3.63. The van der Waals surface area contributed by atoms with Gasteiger partial charge in [-0.05, 0) is 38.5 Å². The van der Waals surface area contributed by atoms with Crippen molar-refractivity contribution in [3.8, 4) is 0 Å². The second kappa shape index (κ2) is 7.98. The van der Waals surface area contributed by atoms with E-state index in [0.29, 0.717) is 29.9 Å². The number of nitrogens with zero attached hydrogens (tertiary/aromatic N) is 3. The molecule has 2 amide bonds. The molecule has 0 radical (unpaired) electrons. The molecule has 0 unspecified atom stereocenters. The molecule has 1 atom stereocenters. The molecule has 0 aliphatic carbocycles. The number of hydrogen-bond donors (Lipinski definition) is 2. The number of anilines is 2. The first-order chi connectivity index (χ1) is 14.5. The molecule has 1 aromatic carbocycles. The van der Waals surface area contributed by atoms with Crippen molar-refractivity contribution in [3.63, 3.8) is 0 Å². The highest BCUT2D eigenvalue weighted by atomic mass is 16.5. The van der Waals surface area contributed by atoms with Crippen molar-refractivity contribution in [1.82, 2.24) is 15.5 Å². The van der Waals surface area contributed by atoms with Gasteiger partial charge in [0, 0.05) is 36.5 Å². The van der Waals surface area contributed by atoms with Crippen LogP contribution in [0.4, 0.5) is 11.5 Å². The van der Waals surface area contributed by atoms with Crippen LogP contribution in [0.25, 0.3) is 0 Å². The molecule has 1 aliphatic rings. The van der Waals surface area contributed by atoms with E-state index in [2.05, 4.69) is 20.8 Å². The molecule has 8 heteroatoms. The van der Waals surface area contributed by atoms with Crippen molar-refractivity contribution in [2.24, 2.45) is 0 Å². The number of benzene rings is 1. The molecule has 2 N–H and O–H groups in total. The van der Waals surface area contributed by atoms with Gasteiger partial charge >= 0.3 is 0 Å². The third-order valence-corrected chi connectivity index (χ3v) is 5.33. The van der Waals surface area contributed by atoms with Crippen LogP contribution < -0.4 is 15.5 Å². The van der Waals surface area contributed by atoms with E-state index in [1.165, 1.54) is 0 Å². The third-order valence-electron chi connectivity index (χ3n) is 5.33. The fourth-order valence-electron chi connectivity index (χ4n) is 3.72. The number of pyridine rings is 1. The first-order valence-electron chi connectivity index (χ1n) is 9.75. The summed E-state index contributed by atoms with van der Waals surface area (Å²) in [6.07, 6.45) is 2.06. The van der Waals surface area contributed by atoms with Crippen LogP contribution in [-0.4, -0.2) is 29.0 Å². The maximum atomic E-state index is 12.6. The molecular formula is C22H23N5O3. The molecule has 0 bridgehead atoms. The topological polar surface area (TPSA) is 100 Å². The van der Waals surface area contributed by atoms with Crippen LogP contribution >= 0.6 is 0 Å². The van der Waals surface area contributed by atoms with Gasteiger partial charge < -0.3 is 20.1 Å². The van der Waals surface area contributed by atoms with Gasteiger partial charge in [0.2, 0.25) is 5.91 Å². The van der Waals surface area contributed by atoms with Gasteiger partial charge in [-0.3, -0.25) is 9.59 Å². The van der Waals surface area contributed by atoms with Crippen molar-refractivity contribution >= 4 is 23.3 Å². The number of carbonyl (C=O) groups is 2. The van der Waals surface area contributed by atoms with Crippen molar-refractivity contribution in [1.29, 1.82) is 0 Å². The summed E-state index contributed by atoms with van der Waals surface area (Å²) in [6, 6.07) is 10.9. The second-order valence-electron chi connectivity index (χ2n) is 7.30. The van der Waals surface area contributed by atoms with Crippen molar-refractivity contribution < 1.29 is 14.1 Å². The fraction of sp³-hybridized carbons (Fsp3) is 0.273. The average molecular weight is 405 g/mol. The lowest BCUT2D eigenvalue weighted by molar-refractivity contribution is -0.116. The molecule has 30 heavy (non-hydrogen) atoms. The van der Waals surface area contributed by atoms with Crippen LogP contribution in [0.2, 0.25) is 0 Å². The van der Waals surface area contributed by atoms with Crippen LogP contribution in [0.3, 0.4) is 0 Å². The largest absolute Gasteiger partial charge is 0.361 e. The van der Waals surface area contributed by atoms with Crippen molar-refractivity contribution in [3.05, 3.63) is 70.7 Å². The average Bonchev–Trinajstić information content (AvgIpc) is 3.07. The van der Waals surface area contributed by atoms with E-state index in [-0.39, 0.29) is 11.8 Å². The molecular weight excluding hydrogens is 382 g/mol. The predicted molar refractivity (Wildman–Crippen MR) is 112 cm³/mol. The molecule has 0 saturated carbocycles. The van der Waals surface area contributed by atoms with Gasteiger partial charge in [-0.15, -0.1) is 0 Å². The first-order valence-corrected chi connectivity index (χ1v) is 9.75. The maximum absolute atomic E-state index is 12.6. The monoisotopic (exact) mass is 405 g/mol. The molecule has 8 nitrogen and oxygen atoms in total. The molecule has 154 valence electrons. The number of aryl methyl sites for hydroxylation is 2. The molecule has 4 rings (SSSR count). The summed E-state index contributed by atoms with van der Waals surface area (Å²) in [6.45, 7) is 3.71. The van der Waals surface area contributed by atoms with E-state index in [1.54, 1.807) is 18.3 Å². The summed E-state index contributed by atoms with van der Waals surface area (Å²) < 4.78 is 5.16.